The number of carbonyl (C=O) groups excluding carboxylic acids is 2. The first kappa shape index (κ1) is 14.4. The van der Waals surface area contributed by atoms with Crippen molar-refractivity contribution in [3.63, 3.8) is 0 Å². The Kier molecular flexibility index (Phi) is 4.61. The van der Waals surface area contributed by atoms with Crippen LogP contribution in [-0.2, 0) is 14.3 Å². The Hall–Kier alpha value is -2.04. The van der Waals surface area contributed by atoms with Gasteiger partial charge >= 0.3 is 11.9 Å². The highest BCUT2D eigenvalue weighted by molar-refractivity contribution is 5.94. The Balaban J connectivity index is 2.05. The number of fused-ring (bicyclic) bond motifs is 1. The Labute approximate surface area is 117 Å². The molecule has 1 atom stereocenters. The van der Waals surface area contributed by atoms with Gasteiger partial charge in [-0.1, -0.05) is 13.3 Å². The van der Waals surface area contributed by atoms with Gasteiger partial charge in [-0.25, -0.2) is 4.79 Å². The third kappa shape index (κ3) is 3.10. The molecular weight excluding hydrogens is 260 g/mol. The number of hydrogen-bond acceptors (Lipinski definition) is 5. The molecule has 108 valence electrons. The second-order valence-corrected chi connectivity index (χ2v) is 4.63. The predicted molar refractivity (Wildman–Crippen MR) is 71.6 cm³/mol. The van der Waals surface area contributed by atoms with E-state index in [0.29, 0.717) is 23.5 Å². The molecule has 0 bridgehead atoms. The maximum absolute atomic E-state index is 11.7. The molecule has 1 aromatic carbocycles. The summed E-state index contributed by atoms with van der Waals surface area (Å²) in [5.41, 5.74) is 1.17. The fourth-order valence-electron chi connectivity index (χ4n) is 2.07. The van der Waals surface area contributed by atoms with Crippen LogP contribution >= 0.6 is 0 Å². The van der Waals surface area contributed by atoms with E-state index in [1.54, 1.807) is 25.3 Å². The second-order valence-electron chi connectivity index (χ2n) is 4.63. The Morgan fingerprint density at radius 2 is 2.20 bits per heavy atom. The zero-order valence-electron chi connectivity index (χ0n) is 11.7. The Morgan fingerprint density at radius 3 is 2.90 bits per heavy atom. The predicted octanol–water partition coefficient (Wildman–Crippen LogP) is 2.64. The number of carbonyl (C=O) groups is 2. The molecule has 2 rings (SSSR count). The van der Waals surface area contributed by atoms with Crippen LogP contribution in [0.1, 0.15) is 48.2 Å². The van der Waals surface area contributed by atoms with E-state index in [2.05, 4.69) is 0 Å². The fraction of sp³-hybridized carbons (Fsp3) is 0.467. The van der Waals surface area contributed by atoms with Crippen LogP contribution in [-0.4, -0.2) is 25.7 Å². The highest BCUT2D eigenvalue weighted by Gasteiger charge is 2.33. The van der Waals surface area contributed by atoms with E-state index in [4.69, 9.17) is 14.2 Å². The Bertz CT molecular complexity index is 509. The van der Waals surface area contributed by atoms with E-state index in [1.807, 2.05) is 6.92 Å². The molecule has 1 aromatic rings. The van der Waals surface area contributed by atoms with Gasteiger partial charge < -0.3 is 14.2 Å². The first-order chi connectivity index (χ1) is 9.65. The lowest BCUT2D eigenvalue weighted by atomic mass is 10.0. The van der Waals surface area contributed by atoms with Crippen LogP contribution in [0.25, 0.3) is 0 Å². The lowest BCUT2D eigenvalue weighted by molar-refractivity contribution is -0.145. The highest BCUT2D eigenvalue weighted by Crippen LogP contribution is 2.35. The molecular formula is C15H18O5. The molecule has 0 spiro atoms. The van der Waals surface area contributed by atoms with Crippen molar-refractivity contribution in [2.75, 3.05) is 13.7 Å². The molecule has 0 saturated carbocycles. The average Bonchev–Trinajstić information content (AvgIpc) is 2.75. The molecule has 5 nitrogen and oxygen atoms in total. The van der Waals surface area contributed by atoms with Gasteiger partial charge in [-0.15, -0.1) is 0 Å². The molecule has 0 saturated heterocycles. The van der Waals surface area contributed by atoms with Crippen LogP contribution in [0.4, 0.5) is 0 Å². The zero-order valence-corrected chi connectivity index (χ0v) is 11.7. The quantitative estimate of drug-likeness (QED) is 0.591. The second kappa shape index (κ2) is 6.41. The van der Waals surface area contributed by atoms with Crippen molar-refractivity contribution in [1.82, 2.24) is 0 Å². The van der Waals surface area contributed by atoms with Crippen LogP contribution in [0.3, 0.4) is 0 Å². The van der Waals surface area contributed by atoms with Crippen molar-refractivity contribution in [2.45, 2.75) is 32.3 Å². The van der Waals surface area contributed by atoms with Crippen molar-refractivity contribution in [3.8, 4) is 5.75 Å². The van der Waals surface area contributed by atoms with Crippen molar-refractivity contribution in [3.05, 3.63) is 29.3 Å². The summed E-state index contributed by atoms with van der Waals surface area (Å²) in [6, 6.07) is 5.07. The molecule has 1 heterocycles. The maximum atomic E-state index is 11.7. The molecule has 0 fully saturated rings. The van der Waals surface area contributed by atoms with Crippen molar-refractivity contribution in [1.29, 1.82) is 0 Å². The molecule has 20 heavy (non-hydrogen) atoms. The largest absolute Gasteiger partial charge is 0.497 e. The van der Waals surface area contributed by atoms with Crippen LogP contribution in [0.5, 0.6) is 5.75 Å². The summed E-state index contributed by atoms with van der Waals surface area (Å²) in [5.74, 6) is -0.132. The van der Waals surface area contributed by atoms with Gasteiger partial charge in [-0.05, 0) is 24.6 Å². The van der Waals surface area contributed by atoms with Gasteiger partial charge in [0.25, 0.3) is 0 Å². The van der Waals surface area contributed by atoms with E-state index < -0.39 is 12.1 Å². The minimum Gasteiger partial charge on any atom is -0.497 e. The molecule has 0 radical (unpaired) electrons. The number of benzene rings is 1. The standard InChI is InChI=1S/C15H18O5/c1-3-4-7-19-14(16)9-13-12-8-10(18-2)5-6-11(12)15(17)20-13/h5-6,8,13H,3-4,7,9H2,1-2H3. The van der Waals surface area contributed by atoms with E-state index in [9.17, 15) is 9.59 Å². The minimum atomic E-state index is -0.582. The normalized spacial score (nSPS) is 16.5. The summed E-state index contributed by atoms with van der Waals surface area (Å²) in [4.78, 5) is 23.4. The number of ether oxygens (including phenoxy) is 3. The number of esters is 2. The van der Waals surface area contributed by atoms with Gasteiger partial charge in [0.2, 0.25) is 0 Å². The highest BCUT2D eigenvalue weighted by atomic mass is 16.6. The molecule has 5 heteroatoms. The molecule has 0 N–H and O–H groups in total. The van der Waals surface area contributed by atoms with E-state index >= 15 is 0 Å². The van der Waals surface area contributed by atoms with Gasteiger partial charge in [0.1, 0.15) is 11.9 Å². The molecule has 1 aliphatic rings. The lowest BCUT2D eigenvalue weighted by Crippen LogP contribution is -2.11. The molecule has 1 unspecified atom stereocenters. The SMILES string of the molecule is CCCCOC(=O)CC1OC(=O)c2ccc(OC)cc21. The molecule has 0 amide bonds. The van der Waals surface area contributed by atoms with Gasteiger partial charge in [0, 0.05) is 5.56 Å². The van der Waals surface area contributed by atoms with Gasteiger partial charge in [0.15, 0.2) is 0 Å². The third-order valence-corrected chi connectivity index (χ3v) is 3.19. The number of hydrogen-bond donors (Lipinski definition) is 0. The fourth-order valence-corrected chi connectivity index (χ4v) is 2.07. The summed E-state index contributed by atoms with van der Waals surface area (Å²) in [5, 5.41) is 0. The number of rotatable bonds is 6. The summed E-state index contributed by atoms with van der Waals surface area (Å²) < 4.78 is 15.4. The summed E-state index contributed by atoms with van der Waals surface area (Å²) in [7, 11) is 1.55. The van der Waals surface area contributed by atoms with Crippen LogP contribution in [0.15, 0.2) is 18.2 Å². The van der Waals surface area contributed by atoms with Crippen molar-refractivity contribution >= 4 is 11.9 Å². The van der Waals surface area contributed by atoms with Crippen molar-refractivity contribution < 1.29 is 23.8 Å². The monoisotopic (exact) mass is 278 g/mol. The number of methoxy groups -OCH3 is 1. The van der Waals surface area contributed by atoms with Gasteiger partial charge in [-0.3, -0.25) is 4.79 Å². The van der Waals surface area contributed by atoms with E-state index in [0.717, 1.165) is 12.8 Å². The molecule has 0 aliphatic carbocycles. The van der Waals surface area contributed by atoms with Gasteiger partial charge in [0.05, 0.1) is 25.7 Å². The van der Waals surface area contributed by atoms with Crippen molar-refractivity contribution in [2.24, 2.45) is 0 Å². The summed E-state index contributed by atoms with van der Waals surface area (Å²) in [6.07, 6.45) is 1.25. The zero-order chi connectivity index (χ0) is 14.5. The lowest BCUT2D eigenvalue weighted by Gasteiger charge is -2.11. The third-order valence-electron chi connectivity index (χ3n) is 3.19. The smallest absolute Gasteiger partial charge is 0.339 e. The summed E-state index contributed by atoms with van der Waals surface area (Å²) >= 11 is 0. The van der Waals surface area contributed by atoms with Gasteiger partial charge in [-0.2, -0.15) is 0 Å². The van der Waals surface area contributed by atoms with Crippen LogP contribution in [0, 0.1) is 0 Å². The maximum Gasteiger partial charge on any atom is 0.339 e. The van der Waals surface area contributed by atoms with Crippen LogP contribution in [0.2, 0.25) is 0 Å². The molecule has 1 aliphatic heterocycles. The first-order valence-corrected chi connectivity index (χ1v) is 6.70. The average molecular weight is 278 g/mol. The Morgan fingerprint density at radius 1 is 1.40 bits per heavy atom. The summed E-state index contributed by atoms with van der Waals surface area (Å²) in [6.45, 7) is 2.43. The van der Waals surface area contributed by atoms with Crippen LogP contribution < -0.4 is 4.74 Å². The molecule has 0 aromatic heterocycles. The van der Waals surface area contributed by atoms with E-state index in [1.165, 1.54) is 0 Å². The number of unbranched alkanes of at least 4 members (excludes halogenated alkanes) is 1. The first-order valence-electron chi connectivity index (χ1n) is 6.70. The minimum absolute atomic E-state index is 0.0373. The van der Waals surface area contributed by atoms with E-state index in [-0.39, 0.29) is 12.4 Å². The number of cyclic esters (lactones) is 1. The topological polar surface area (TPSA) is 61.8 Å².